The minimum atomic E-state index is -3.69. The van der Waals surface area contributed by atoms with E-state index in [0.717, 1.165) is 25.8 Å². The molecule has 0 amide bonds. The van der Waals surface area contributed by atoms with Gasteiger partial charge in [-0.1, -0.05) is 0 Å². The summed E-state index contributed by atoms with van der Waals surface area (Å²) in [7, 11) is -3.69. The van der Waals surface area contributed by atoms with Crippen molar-refractivity contribution in [1.82, 2.24) is 19.6 Å². The van der Waals surface area contributed by atoms with Gasteiger partial charge in [0, 0.05) is 18.6 Å². The molecule has 3 heterocycles. The van der Waals surface area contributed by atoms with Gasteiger partial charge in [-0.2, -0.15) is 4.31 Å². The molecule has 0 aliphatic carbocycles. The van der Waals surface area contributed by atoms with E-state index in [9.17, 15) is 18.0 Å². The van der Waals surface area contributed by atoms with Gasteiger partial charge in [0.15, 0.2) is 0 Å². The number of nitrogens with zero attached hydrogens (tertiary/aromatic N) is 1. The number of hydrogen-bond acceptors (Lipinski definition) is 5. The number of benzene rings is 1. The maximum Gasteiger partial charge on any atom is 0.326 e. The summed E-state index contributed by atoms with van der Waals surface area (Å²) in [5.41, 5.74) is -0.880. The molecule has 10 heteroatoms. The summed E-state index contributed by atoms with van der Waals surface area (Å²) >= 11 is 0. The molecular weight excluding hydrogens is 368 g/mol. The first-order chi connectivity index (χ1) is 11.5. The molecule has 2 aliphatic heterocycles. The lowest BCUT2D eigenvalue weighted by Crippen LogP contribution is -2.42. The van der Waals surface area contributed by atoms with Crippen molar-refractivity contribution in [1.29, 1.82) is 0 Å². The molecule has 0 radical (unpaired) electrons. The van der Waals surface area contributed by atoms with Crippen molar-refractivity contribution in [2.75, 3.05) is 13.1 Å². The van der Waals surface area contributed by atoms with E-state index in [1.165, 1.54) is 18.2 Å². The van der Waals surface area contributed by atoms with Gasteiger partial charge in [-0.05, 0) is 44.0 Å². The standard InChI is InChI=1S/C15H18N4O4S.ClH/c20-14-12-7-11(3-4-13(12)17-15(21)18-14)24(22,23)19-9-1-2-10(19)8-16-6-5-9;/h3-4,7,9-10,16H,1-2,5-6,8H2,(H2,17,18,20,21);1H. The molecule has 0 spiro atoms. The van der Waals surface area contributed by atoms with Crippen molar-refractivity contribution < 1.29 is 8.42 Å². The average molecular weight is 387 g/mol. The minimum absolute atomic E-state index is 0. The Balaban J connectivity index is 0.00000182. The minimum Gasteiger partial charge on any atom is -0.315 e. The number of hydrogen-bond donors (Lipinski definition) is 3. The summed E-state index contributed by atoms with van der Waals surface area (Å²) in [6.07, 6.45) is 2.50. The van der Waals surface area contributed by atoms with E-state index in [1.807, 2.05) is 0 Å². The summed E-state index contributed by atoms with van der Waals surface area (Å²) in [5.74, 6) is 0. The summed E-state index contributed by atoms with van der Waals surface area (Å²) < 4.78 is 27.9. The Morgan fingerprint density at radius 2 is 1.80 bits per heavy atom. The van der Waals surface area contributed by atoms with Crippen LogP contribution in [-0.4, -0.2) is 47.9 Å². The van der Waals surface area contributed by atoms with Crippen LogP contribution in [0.5, 0.6) is 0 Å². The molecule has 136 valence electrons. The number of H-pyrrole nitrogens is 2. The fourth-order valence-corrected chi connectivity index (χ4v) is 5.68. The van der Waals surface area contributed by atoms with Gasteiger partial charge in [-0.15, -0.1) is 12.4 Å². The summed E-state index contributed by atoms with van der Waals surface area (Å²) in [6, 6.07) is 4.21. The lowest BCUT2D eigenvalue weighted by Gasteiger charge is -2.26. The van der Waals surface area contributed by atoms with Crippen molar-refractivity contribution in [3.8, 4) is 0 Å². The van der Waals surface area contributed by atoms with Gasteiger partial charge in [-0.3, -0.25) is 9.78 Å². The largest absolute Gasteiger partial charge is 0.326 e. The van der Waals surface area contributed by atoms with E-state index in [4.69, 9.17) is 0 Å². The highest BCUT2D eigenvalue weighted by Gasteiger charge is 2.43. The van der Waals surface area contributed by atoms with Gasteiger partial charge in [0.05, 0.1) is 15.8 Å². The van der Waals surface area contributed by atoms with Crippen LogP contribution >= 0.6 is 12.4 Å². The third kappa shape index (κ3) is 3.01. The molecule has 1 aromatic carbocycles. The van der Waals surface area contributed by atoms with Crippen LogP contribution in [-0.2, 0) is 10.0 Å². The summed E-state index contributed by atoms with van der Waals surface area (Å²) in [6.45, 7) is 1.46. The fraction of sp³-hybridized carbons (Fsp3) is 0.467. The second kappa shape index (κ2) is 6.56. The third-order valence-electron chi connectivity index (χ3n) is 4.87. The van der Waals surface area contributed by atoms with Crippen molar-refractivity contribution in [2.45, 2.75) is 36.2 Å². The molecule has 2 fully saturated rings. The lowest BCUT2D eigenvalue weighted by molar-refractivity contribution is 0.334. The number of sulfonamides is 1. The molecule has 2 saturated heterocycles. The zero-order chi connectivity index (χ0) is 16.9. The molecule has 25 heavy (non-hydrogen) atoms. The molecule has 2 unspecified atom stereocenters. The van der Waals surface area contributed by atoms with Crippen molar-refractivity contribution >= 4 is 33.3 Å². The Morgan fingerprint density at radius 3 is 2.60 bits per heavy atom. The molecule has 1 aromatic heterocycles. The van der Waals surface area contributed by atoms with Gasteiger partial charge in [0.2, 0.25) is 10.0 Å². The topological polar surface area (TPSA) is 115 Å². The van der Waals surface area contributed by atoms with Gasteiger partial charge in [-0.25, -0.2) is 13.2 Å². The second-order valence-corrected chi connectivity index (χ2v) is 8.17. The maximum atomic E-state index is 13.1. The van der Waals surface area contributed by atoms with E-state index in [1.54, 1.807) is 4.31 Å². The number of rotatable bonds is 2. The number of aromatic nitrogens is 2. The van der Waals surface area contributed by atoms with Crippen LogP contribution in [0.1, 0.15) is 19.3 Å². The molecule has 2 atom stereocenters. The average Bonchev–Trinajstić information content (AvgIpc) is 2.80. The van der Waals surface area contributed by atoms with Crippen LogP contribution in [0.3, 0.4) is 0 Å². The van der Waals surface area contributed by atoms with E-state index in [0.29, 0.717) is 12.1 Å². The zero-order valence-electron chi connectivity index (χ0n) is 13.3. The molecule has 0 saturated carbocycles. The van der Waals surface area contributed by atoms with Crippen LogP contribution in [0.4, 0.5) is 0 Å². The molecule has 2 bridgehead atoms. The van der Waals surface area contributed by atoms with Crippen LogP contribution in [0.15, 0.2) is 32.7 Å². The molecule has 2 aliphatic rings. The van der Waals surface area contributed by atoms with Crippen LogP contribution in [0, 0.1) is 0 Å². The first-order valence-corrected chi connectivity index (χ1v) is 9.41. The molecule has 8 nitrogen and oxygen atoms in total. The van der Waals surface area contributed by atoms with E-state index in [2.05, 4.69) is 15.3 Å². The predicted molar refractivity (Wildman–Crippen MR) is 95.8 cm³/mol. The first kappa shape index (κ1) is 18.1. The molecule has 4 rings (SSSR count). The fourth-order valence-electron chi connectivity index (χ4n) is 3.76. The predicted octanol–water partition coefficient (Wildman–Crippen LogP) is 0.153. The van der Waals surface area contributed by atoms with Crippen molar-refractivity contribution in [2.24, 2.45) is 0 Å². The Hall–Kier alpha value is -1.68. The number of fused-ring (bicyclic) bond motifs is 3. The number of halogens is 1. The van der Waals surface area contributed by atoms with E-state index >= 15 is 0 Å². The normalized spacial score (nSPS) is 24.0. The van der Waals surface area contributed by atoms with Crippen LogP contribution in [0.25, 0.3) is 10.9 Å². The monoisotopic (exact) mass is 386 g/mol. The van der Waals surface area contributed by atoms with Gasteiger partial charge < -0.3 is 10.3 Å². The zero-order valence-corrected chi connectivity index (χ0v) is 15.0. The van der Waals surface area contributed by atoms with E-state index in [-0.39, 0.29) is 34.8 Å². The van der Waals surface area contributed by atoms with Crippen LogP contribution in [0.2, 0.25) is 0 Å². The highest BCUT2D eigenvalue weighted by atomic mass is 35.5. The molecular formula is C15H19ClN4O4S. The summed E-state index contributed by atoms with van der Waals surface area (Å²) in [5, 5.41) is 3.44. The van der Waals surface area contributed by atoms with Crippen molar-refractivity contribution in [3.63, 3.8) is 0 Å². The van der Waals surface area contributed by atoms with Crippen LogP contribution < -0.4 is 16.6 Å². The quantitative estimate of drug-likeness (QED) is 0.679. The highest BCUT2D eigenvalue weighted by molar-refractivity contribution is 7.89. The summed E-state index contributed by atoms with van der Waals surface area (Å²) in [4.78, 5) is 28.0. The lowest BCUT2D eigenvalue weighted by atomic mass is 10.1. The van der Waals surface area contributed by atoms with E-state index < -0.39 is 21.3 Å². The Labute approximate surface area is 150 Å². The van der Waals surface area contributed by atoms with Gasteiger partial charge >= 0.3 is 5.69 Å². The van der Waals surface area contributed by atoms with Gasteiger partial charge in [0.1, 0.15) is 0 Å². The van der Waals surface area contributed by atoms with Crippen molar-refractivity contribution in [3.05, 3.63) is 39.0 Å². The Kier molecular flexibility index (Phi) is 4.76. The highest BCUT2D eigenvalue weighted by Crippen LogP contribution is 2.34. The maximum absolute atomic E-state index is 13.1. The number of aromatic amines is 2. The molecule has 2 aromatic rings. The van der Waals surface area contributed by atoms with Gasteiger partial charge in [0.25, 0.3) is 5.56 Å². The Morgan fingerprint density at radius 1 is 1.04 bits per heavy atom. The molecule has 3 N–H and O–H groups in total. The Bertz CT molecular complexity index is 1000. The third-order valence-corrected chi connectivity index (χ3v) is 6.87. The smallest absolute Gasteiger partial charge is 0.315 e. The second-order valence-electron chi connectivity index (χ2n) is 6.33. The SMILES string of the molecule is Cl.O=c1[nH]c(=O)c2cc(S(=O)(=O)N3C4CCNCC3CC4)ccc2[nH]1. The number of nitrogens with one attached hydrogen (secondary N) is 3. The first-order valence-electron chi connectivity index (χ1n) is 7.97.